The van der Waals surface area contributed by atoms with Gasteiger partial charge in [0, 0.05) is 35.7 Å². The average molecular weight is 896 g/mol. The van der Waals surface area contributed by atoms with Gasteiger partial charge in [-0.05, 0) is 79.6 Å². The molecule has 4 aromatic rings. The highest BCUT2D eigenvalue weighted by Crippen LogP contribution is 2.28. The predicted octanol–water partition coefficient (Wildman–Crippen LogP) is 16.6. The van der Waals surface area contributed by atoms with E-state index >= 15 is 0 Å². The van der Waals surface area contributed by atoms with E-state index < -0.39 is 5.97 Å². The molecule has 0 saturated heterocycles. The van der Waals surface area contributed by atoms with Crippen molar-refractivity contribution < 1.29 is 29.2 Å². The standard InChI is InChI=1S/C55H75ClN2O6/c1-3-5-7-9-11-13-15-17-19-21-23-25-37-62-49-32-27-44(53(59)40-49)42-57-46-29-34-48(35-30-46)64-55(61)51-39-47(31-36-52(51)56)58-43-45-28-33-50(41-54(45)60)63-38-26-24-22-20-18-16-14-12-10-8-6-4-2/h27-36,39-43,59-60H,3-26,37-38H2,1-2H3. The first-order chi connectivity index (χ1) is 31.4. The number of nitrogens with zero attached hydrogens (tertiary/aromatic N) is 2. The summed E-state index contributed by atoms with van der Waals surface area (Å²) in [5, 5.41) is 21.5. The van der Waals surface area contributed by atoms with Gasteiger partial charge in [-0.25, -0.2) is 4.79 Å². The number of hydrogen-bond acceptors (Lipinski definition) is 8. The number of esters is 1. The molecule has 0 saturated carbocycles. The number of rotatable bonds is 34. The maximum Gasteiger partial charge on any atom is 0.345 e. The smallest absolute Gasteiger partial charge is 0.345 e. The lowest BCUT2D eigenvalue weighted by Crippen LogP contribution is -2.09. The normalized spacial score (nSPS) is 11.5. The van der Waals surface area contributed by atoms with Gasteiger partial charge < -0.3 is 24.4 Å². The summed E-state index contributed by atoms with van der Waals surface area (Å²) in [6.45, 7) is 5.76. The highest BCUT2D eigenvalue weighted by molar-refractivity contribution is 6.33. The molecule has 64 heavy (non-hydrogen) atoms. The lowest BCUT2D eigenvalue weighted by atomic mass is 10.1. The number of aromatic hydroxyl groups is 2. The summed E-state index contributed by atoms with van der Waals surface area (Å²) in [5.74, 6) is 1.07. The molecule has 0 heterocycles. The summed E-state index contributed by atoms with van der Waals surface area (Å²) in [6.07, 6.45) is 34.2. The second kappa shape index (κ2) is 31.9. The van der Waals surface area contributed by atoms with Crippen LogP contribution in [0.4, 0.5) is 11.4 Å². The minimum atomic E-state index is -0.637. The Bertz CT molecular complexity index is 1960. The van der Waals surface area contributed by atoms with Crippen LogP contribution in [0.25, 0.3) is 0 Å². The molecule has 0 spiro atoms. The Labute approximate surface area is 389 Å². The summed E-state index contributed by atoms with van der Waals surface area (Å²) >= 11 is 6.40. The average Bonchev–Trinajstić information content (AvgIpc) is 3.29. The van der Waals surface area contributed by atoms with E-state index in [1.54, 1.807) is 72.9 Å². The fourth-order valence-electron chi connectivity index (χ4n) is 7.51. The van der Waals surface area contributed by atoms with E-state index in [1.807, 2.05) is 12.1 Å². The van der Waals surface area contributed by atoms with Gasteiger partial charge in [-0.2, -0.15) is 0 Å². The molecule has 0 aromatic heterocycles. The van der Waals surface area contributed by atoms with Crippen LogP contribution in [0.5, 0.6) is 28.7 Å². The van der Waals surface area contributed by atoms with Gasteiger partial charge in [0.25, 0.3) is 0 Å². The van der Waals surface area contributed by atoms with Crippen LogP contribution in [0.1, 0.15) is 189 Å². The first kappa shape index (κ1) is 51.8. The summed E-state index contributed by atoms with van der Waals surface area (Å²) in [4.78, 5) is 22.1. The number of hydrogen-bond donors (Lipinski definition) is 2. The van der Waals surface area contributed by atoms with Gasteiger partial charge in [0.2, 0.25) is 0 Å². The molecule has 0 aliphatic heterocycles. The van der Waals surface area contributed by atoms with Crippen LogP contribution in [-0.2, 0) is 0 Å². The van der Waals surface area contributed by atoms with Gasteiger partial charge in [-0.3, -0.25) is 9.98 Å². The minimum absolute atomic E-state index is 0.0528. The molecule has 348 valence electrons. The molecule has 0 unspecified atom stereocenters. The third kappa shape index (κ3) is 21.2. The van der Waals surface area contributed by atoms with Crippen LogP contribution in [0.15, 0.2) is 88.8 Å². The molecule has 2 N–H and O–H groups in total. The molecule has 0 atom stereocenters. The zero-order chi connectivity index (χ0) is 45.5. The molecule has 0 aliphatic carbocycles. The molecule has 9 heteroatoms. The Morgan fingerprint density at radius 1 is 0.484 bits per heavy atom. The van der Waals surface area contributed by atoms with Crippen LogP contribution in [0, 0.1) is 0 Å². The second-order valence-electron chi connectivity index (χ2n) is 17.0. The summed E-state index contributed by atoms with van der Waals surface area (Å²) < 4.78 is 17.4. The number of halogens is 1. The van der Waals surface area contributed by atoms with Crippen molar-refractivity contribution in [3.05, 3.63) is 101 Å². The molecule has 0 amide bonds. The third-order valence-electron chi connectivity index (χ3n) is 11.5. The van der Waals surface area contributed by atoms with Crippen molar-refractivity contribution in [2.45, 2.75) is 168 Å². The van der Waals surface area contributed by atoms with Crippen LogP contribution >= 0.6 is 11.6 Å². The van der Waals surface area contributed by atoms with Gasteiger partial charge in [0.05, 0.1) is 35.2 Å². The van der Waals surface area contributed by atoms with E-state index in [0.29, 0.717) is 53.0 Å². The molecular formula is C55H75ClN2O6. The van der Waals surface area contributed by atoms with E-state index in [2.05, 4.69) is 23.8 Å². The van der Waals surface area contributed by atoms with Gasteiger partial charge in [-0.1, -0.05) is 167 Å². The summed E-state index contributed by atoms with van der Waals surface area (Å²) in [5.41, 5.74) is 2.31. The first-order valence-electron chi connectivity index (χ1n) is 24.5. The Morgan fingerprint density at radius 3 is 1.28 bits per heavy atom. The minimum Gasteiger partial charge on any atom is -0.507 e. The maximum atomic E-state index is 13.2. The van der Waals surface area contributed by atoms with Gasteiger partial charge in [0.1, 0.15) is 28.7 Å². The predicted molar refractivity (Wildman–Crippen MR) is 267 cm³/mol. The van der Waals surface area contributed by atoms with Crippen molar-refractivity contribution in [1.82, 2.24) is 0 Å². The quantitative estimate of drug-likeness (QED) is 0.0209. The number of phenols is 2. The van der Waals surface area contributed by atoms with Crippen molar-refractivity contribution in [1.29, 1.82) is 0 Å². The van der Waals surface area contributed by atoms with Gasteiger partial charge in [-0.15, -0.1) is 0 Å². The topological polar surface area (TPSA) is 110 Å². The number of ether oxygens (including phenoxy) is 3. The van der Waals surface area contributed by atoms with Crippen LogP contribution in [0.3, 0.4) is 0 Å². The van der Waals surface area contributed by atoms with E-state index in [9.17, 15) is 15.0 Å². The largest absolute Gasteiger partial charge is 0.507 e. The monoisotopic (exact) mass is 895 g/mol. The molecule has 0 bridgehead atoms. The Balaban J connectivity index is 1.14. The fraction of sp³-hybridized carbons (Fsp3) is 0.509. The third-order valence-corrected chi connectivity index (χ3v) is 11.8. The zero-order valence-electron chi connectivity index (χ0n) is 38.8. The van der Waals surface area contributed by atoms with Gasteiger partial charge >= 0.3 is 5.97 Å². The van der Waals surface area contributed by atoms with Crippen molar-refractivity contribution in [3.8, 4) is 28.7 Å². The number of aliphatic imine (C=N–C) groups is 2. The van der Waals surface area contributed by atoms with E-state index in [0.717, 1.165) is 25.7 Å². The van der Waals surface area contributed by atoms with Gasteiger partial charge in [0.15, 0.2) is 0 Å². The second-order valence-corrected chi connectivity index (χ2v) is 17.4. The highest BCUT2D eigenvalue weighted by Gasteiger charge is 2.14. The summed E-state index contributed by atoms with van der Waals surface area (Å²) in [7, 11) is 0. The molecule has 4 aromatic carbocycles. The SMILES string of the molecule is CCCCCCCCCCCCCCOc1ccc(C=Nc2ccc(OC(=O)c3cc(N=Cc4ccc(OCCCCCCCCCCCCCC)cc4O)ccc3Cl)cc2)c(O)c1. The van der Waals surface area contributed by atoms with Crippen molar-refractivity contribution in [3.63, 3.8) is 0 Å². The maximum absolute atomic E-state index is 13.2. The van der Waals surface area contributed by atoms with E-state index in [1.165, 1.54) is 135 Å². The summed E-state index contributed by atoms with van der Waals surface area (Å²) in [6, 6.07) is 21.9. The number of carbonyl (C=O) groups is 1. The number of benzene rings is 4. The molecular weight excluding hydrogens is 820 g/mol. The molecule has 8 nitrogen and oxygen atoms in total. The number of phenolic OH excluding ortho intramolecular Hbond substituents is 2. The van der Waals surface area contributed by atoms with Crippen molar-refractivity contribution in [2.75, 3.05) is 13.2 Å². The first-order valence-corrected chi connectivity index (χ1v) is 24.9. The lowest BCUT2D eigenvalue weighted by Gasteiger charge is -2.08. The van der Waals surface area contributed by atoms with Crippen LogP contribution in [-0.4, -0.2) is 41.8 Å². The van der Waals surface area contributed by atoms with Crippen LogP contribution in [0.2, 0.25) is 5.02 Å². The van der Waals surface area contributed by atoms with E-state index in [-0.39, 0.29) is 22.1 Å². The molecule has 0 aliphatic rings. The zero-order valence-corrected chi connectivity index (χ0v) is 39.6. The Kier molecular flexibility index (Phi) is 25.9. The Hall–Kier alpha value is -4.82. The highest BCUT2D eigenvalue weighted by atomic mass is 35.5. The fourth-order valence-corrected chi connectivity index (χ4v) is 7.71. The molecule has 0 fully saturated rings. The van der Waals surface area contributed by atoms with E-state index in [4.69, 9.17) is 25.8 Å². The van der Waals surface area contributed by atoms with Crippen molar-refractivity contribution >= 4 is 41.4 Å². The number of unbranched alkanes of at least 4 members (excludes halogenated alkanes) is 22. The molecule has 0 radical (unpaired) electrons. The molecule has 4 rings (SSSR count). The van der Waals surface area contributed by atoms with Crippen LogP contribution < -0.4 is 14.2 Å². The number of carbonyl (C=O) groups excluding carboxylic acids is 1. The lowest BCUT2D eigenvalue weighted by molar-refractivity contribution is 0.0735. The van der Waals surface area contributed by atoms with Crippen molar-refractivity contribution in [2.24, 2.45) is 9.98 Å². The Morgan fingerprint density at radius 2 is 0.859 bits per heavy atom.